The topological polar surface area (TPSA) is 54.0 Å². The molecule has 1 aromatic heterocycles. The fraction of sp³-hybridized carbons (Fsp3) is 0.250. The van der Waals surface area contributed by atoms with Crippen LogP contribution in [-0.4, -0.2) is 17.9 Å². The van der Waals surface area contributed by atoms with Gasteiger partial charge in [0, 0.05) is 18.3 Å². The van der Waals surface area contributed by atoms with Gasteiger partial charge in [0.15, 0.2) is 0 Å². The molecule has 0 aliphatic rings. The first-order valence-corrected chi connectivity index (χ1v) is 7.14. The summed E-state index contributed by atoms with van der Waals surface area (Å²) >= 11 is 5.91. The number of pyridine rings is 1. The number of benzene rings is 1. The van der Waals surface area contributed by atoms with Crippen LogP contribution in [0.5, 0.6) is 0 Å². The summed E-state index contributed by atoms with van der Waals surface area (Å²) in [7, 11) is 1.73. The number of rotatable bonds is 4. The molecule has 0 saturated heterocycles. The lowest BCUT2D eigenvalue weighted by Crippen LogP contribution is -2.13. The van der Waals surface area contributed by atoms with Gasteiger partial charge in [0.05, 0.1) is 0 Å². The molecule has 1 aromatic carbocycles. The Bertz CT molecular complexity index is 656. The summed E-state index contributed by atoms with van der Waals surface area (Å²) < 4.78 is 0. The maximum absolute atomic E-state index is 12.3. The van der Waals surface area contributed by atoms with Gasteiger partial charge in [-0.1, -0.05) is 37.6 Å². The first kappa shape index (κ1) is 15.3. The third kappa shape index (κ3) is 3.95. The zero-order valence-electron chi connectivity index (χ0n) is 12.3. The van der Waals surface area contributed by atoms with Crippen molar-refractivity contribution < 1.29 is 4.79 Å². The number of halogens is 1. The van der Waals surface area contributed by atoms with Crippen LogP contribution < -0.4 is 10.6 Å². The van der Waals surface area contributed by atoms with E-state index in [-0.39, 0.29) is 11.1 Å². The minimum atomic E-state index is -0.211. The Morgan fingerprint density at radius 1 is 1.24 bits per heavy atom. The molecule has 0 aliphatic heterocycles. The molecule has 0 bridgehead atoms. The lowest BCUT2D eigenvalue weighted by atomic mass is 10.0. The zero-order chi connectivity index (χ0) is 15.4. The molecule has 0 spiro atoms. The molecule has 0 unspecified atom stereocenters. The van der Waals surface area contributed by atoms with Gasteiger partial charge in [-0.05, 0) is 35.7 Å². The van der Waals surface area contributed by atoms with Crippen molar-refractivity contribution in [1.82, 2.24) is 4.98 Å². The molecule has 110 valence electrons. The average Bonchev–Trinajstić information content (AvgIpc) is 2.46. The maximum atomic E-state index is 12.3. The minimum absolute atomic E-state index is 0.211. The number of carbonyl (C=O) groups excluding carboxylic acids is 1. The molecule has 1 amide bonds. The summed E-state index contributed by atoms with van der Waals surface area (Å²) in [5.74, 6) is 0.758. The van der Waals surface area contributed by atoms with Gasteiger partial charge in [0.2, 0.25) is 0 Å². The van der Waals surface area contributed by atoms with Crippen LogP contribution in [0.25, 0.3) is 0 Å². The van der Waals surface area contributed by atoms with Crippen molar-refractivity contribution >= 4 is 29.0 Å². The molecular formula is C16H18ClN3O. The molecule has 1 heterocycles. The van der Waals surface area contributed by atoms with E-state index in [9.17, 15) is 4.79 Å². The van der Waals surface area contributed by atoms with Crippen LogP contribution in [-0.2, 0) is 0 Å². The molecule has 4 nitrogen and oxygen atoms in total. The SMILES string of the molecule is CNc1cc(C(=O)Nc2cccc(C(C)C)c2)cc(Cl)n1. The molecule has 0 saturated carbocycles. The normalized spacial score (nSPS) is 10.5. The fourth-order valence-electron chi connectivity index (χ4n) is 1.93. The number of hydrogen-bond donors (Lipinski definition) is 2. The number of carbonyl (C=O) groups is 1. The van der Waals surface area contributed by atoms with Crippen molar-refractivity contribution in [1.29, 1.82) is 0 Å². The van der Waals surface area contributed by atoms with Gasteiger partial charge in [-0.25, -0.2) is 4.98 Å². The monoisotopic (exact) mass is 303 g/mol. The Labute approximate surface area is 129 Å². The number of nitrogens with zero attached hydrogens (tertiary/aromatic N) is 1. The predicted molar refractivity (Wildman–Crippen MR) is 87.3 cm³/mol. The van der Waals surface area contributed by atoms with Crippen LogP contribution in [0.1, 0.15) is 35.7 Å². The van der Waals surface area contributed by atoms with Gasteiger partial charge in [0.1, 0.15) is 11.0 Å². The second-order valence-corrected chi connectivity index (χ2v) is 5.44. The zero-order valence-corrected chi connectivity index (χ0v) is 13.0. The first-order valence-electron chi connectivity index (χ1n) is 6.76. The highest BCUT2D eigenvalue weighted by Gasteiger charge is 2.10. The second kappa shape index (κ2) is 6.59. The summed E-state index contributed by atoms with van der Waals surface area (Å²) in [5.41, 5.74) is 2.41. The molecule has 0 radical (unpaired) electrons. The van der Waals surface area contributed by atoms with Gasteiger partial charge >= 0.3 is 0 Å². The Balaban J connectivity index is 2.21. The van der Waals surface area contributed by atoms with E-state index in [4.69, 9.17) is 11.6 Å². The van der Waals surface area contributed by atoms with E-state index in [2.05, 4.69) is 29.5 Å². The van der Waals surface area contributed by atoms with Crippen molar-refractivity contribution in [3.05, 3.63) is 52.7 Å². The molecule has 2 aromatic rings. The van der Waals surface area contributed by atoms with E-state index in [1.165, 1.54) is 5.56 Å². The van der Waals surface area contributed by atoms with E-state index in [1.54, 1.807) is 19.2 Å². The third-order valence-electron chi connectivity index (χ3n) is 3.12. The Morgan fingerprint density at radius 2 is 2.00 bits per heavy atom. The van der Waals surface area contributed by atoms with Crippen molar-refractivity contribution in [2.45, 2.75) is 19.8 Å². The fourth-order valence-corrected chi connectivity index (χ4v) is 2.14. The summed E-state index contributed by atoms with van der Waals surface area (Å²) in [5, 5.41) is 6.03. The Kier molecular flexibility index (Phi) is 4.81. The minimum Gasteiger partial charge on any atom is -0.373 e. The summed E-state index contributed by atoms with van der Waals surface area (Å²) in [6.07, 6.45) is 0. The smallest absolute Gasteiger partial charge is 0.255 e. The highest BCUT2D eigenvalue weighted by molar-refractivity contribution is 6.30. The standard InChI is InChI=1S/C16H18ClN3O/c1-10(2)11-5-4-6-13(7-11)19-16(21)12-8-14(17)20-15(9-12)18-3/h4-10H,1-3H3,(H,18,20)(H,19,21). The van der Waals surface area contributed by atoms with Crippen LogP contribution in [0.3, 0.4) is 0 Å². The van der Waals surface area contributed by atoms with Crippen LogP contribution >= 0.6 is 11.6 Å². The van der Waals surface area contributed by atoms with E-state index in [1.807, 2.05) is 24.3 Å². The molecule has 21 heavy (non-hydrogen) atoms. The number of anilines is 2. The number of amides is 1. The highest BCUT2D eigenvalue weighted by atomic mass is 35.5. The van der Waals surface area contributed by atoms with Crippen molar-refractivity contribution in [3.63, 3.8) is 0 Å². The molecule has 0 atom stereocenters. The number of aromatic nitrogens is 1. The molecule has 2 N–H and O–H groups in total. The predicted octanol–water partition coefficient (Wildman–Crippen LogP) is 4.15. The van der Waals surface area contributed by atoms with Crippen molar-refractivity contribution in [3.8, 4) is 0 Å². The van der Waals surface area contributed by atoms with Gasteiger partial charge in [-0.3, -0.25) is 4.79 Å². The van der Waals surface area contributed by atoms with Crippen LogP contribution in [0.15, 0.2) is 36.4 Å². The summed E-state index contributed by atoms with van der Waals surface area (Å²) in [6.45, 7) is 4.23. The molecule has 2 rings (SSSR count). The third-order valence-corrected chi connectivity index (χ3v) is 3.32. The quantitative estimate of drug-likeness (QED) is 0.834. The van der Waals surface area contributed by atoms with Gasteiger partial charge in [-0.2, -0.15) is 0 Å². The molecule has 0 aliphatic carbocycles. The van der Waals surface area contributed by atoms with Crippen LogP contribution in [0, 0.1) is 0 Å². The lowest BCUT2D eigenvalue weighted by Gasteiger charge is -2.10. The largest absolute Gasteiger partial charge is 0.373 e. The lowest BCUT2D eigenvalue weighted by molar-refractivity contribution is 0.102. The Hall–Kier alpha value is -2.07. The van der Waals surface area contributed by atoms with E-state index in [0.29, 0.717) is 17.3 Å². The van der Waals surface area contributed by atoms with E-state index >= 15 is 0 Å². The highest BCUT2D eigenvalue weighted by Crippen LogP contribution is 2.20. The Morgan fingerprint density at radius 3 is 2.67 bits per heavy atom. The van der Waals surface area contributed by atoms with Crippen molar-refractivity contribution in [2.75, 3.05) is 17.7 Å². The summed E-state index contributed by atoms with van der Waals surface area (Å²) in [6, 6.07) is 11.0. The summed E-state index contributed by atoms with van der Waals surface area (Å²) in [4.78, 5) is 16.3. The van der Waals surface area contributed by atoms with Crippen LogP contribution in [0.2, 0.25) is 5.15 Å². The van der Waals surface area contributed by atoms with Crippen LogP contribution in [0.4, 0.5) is 11.5 Å². The average molecular weight is 304 g/mol. The molecular weight excluding hydrogens is 286 g/mol. The molecule has 5 heteroatoms. The second-order valence-electron chi connectivity index (χ2n) is 5.05. The van der Waals surface area contributed by atoms with Crippen molar-refractivity contribution in [2.24, 2.45) is 0 Å². The first-order chi connectivity index (χ1) is 9.99. The van der Waals surface area contributed by atoms with E-state index in [0.717, 1.165) is 5.69 Å². The number of nitrogens with one attached hydrogen (secondary N) is 2. The number of hydrogen-bond acceptors (Lipinski definition) is 3. The van der Waals surface area contributed by atoms with E-state index < -0.39 is 0 Å². The van der Waals surface area contributed by atoms with Gasteiger partial charge in [0.25, 0.3) is 5.91 Å². The maximum Gasteiger partial charge on any atom is 0.255 e. The van der Waals surface area contributed by atoms with Gasteiger partial charge in [-0.15, -0.1) is 0 Å². The van der Waals surface area contributed by atoms with Gasteiger partial charge < -0.3 is 10.6 Å². The molecule has 0 fully saturated rings.